The van der Waals surface area contributed by atoms with E-state index in [-0.39, 0.29) is 17.9 Å². The molecule has 0 saturated heterocycles. The van der Waals surface area contributed by atoms with Crippen molar-refractivity contribution in [1.29, 1.82) is 0 Å². The molecule has 158 valence electrons. The molecule has 2 N–H and O–H groups in total. The fourth-order valence-electron chi connectivity index (χ4n) is 3.41. The predicted molar refractivity (Wildman–Crippen MR) is 116 cm³/mol. The minimum Gasteiger partial charge on any atom is -0.493 e. The second kappa shape index (κ2) is 8.70. The number of carbonyl (C=O) groups excluding carboxylic acids is 1. The van der Waals surface area contributed by atoms with Gasteiger partial charge in [-0.05, 0) is 30.2 Å². The highest BCUT2D eigenvalue weighted by atomic mass is 16.5. The van der Waals surface area contributed by atoms with Crippen LogP contribution in [-0.4, -0.2) is 39.9 Å². The van der Waals surface area contributed by atoms with E-state index < -0.39 is 0 Å². The van der Waals surface area contributed by atoms with E-state index in [0.29, 0.717) is 40.3 Å². The largest absolute Gasteiger partial charge is 0.493 e. The number of para-hydroxylation sites is 3. The van der Waals surface area contributed by atoms with Gasteiger partial charge in [0.2, 0.25) is 5.91 Å². The van der Waals surface area contributed by atoms with Gasteiger partial charge in [-0.25, -0.2) is 9.67 Å². The minimum absolute atomic E-state index is 0.167. The number of nitrogens with one attached hydrogen (secondary N) is 2. The van der Waals surface area contributed by atoms with Crippen LogP contribution in [0.3, 0.4) is 0 Å². The zero-order valence-electron chi connectivity index (χ0n) is 17.1. The molecule has 31 heavy (non-hydrogen) atoms. The molecule has 4 aromatic rings. The van der Waals surface area contributed by atoms with Crippen molar-refractivity contribution in [3.05, 3.63) is 70.9 Å². The van der Waals surface area contributed by atoms with E-state index in [4.69, 9.17) is 9.47 Å². The summed E-state index contributed by atoms with van der Waals surface area (Å²) in [6.45, 7) is 0. The topological polar surface area (TPSA) is 111 Å². The van der Waals surface area contributed by atoms with Crippen LogP contribution in [0.25, 0.3) is 16.7 Å². The van der Waals surface area contributed by atoms with Gasteiger partial charge in [0.15, 0.2) is 17.1 Å². The van der Waals surface area contributed by atoms with E-state index in [1.807, 2.05) is 30.3 Å². The van der Waals surface area contributed by atoms with E-state index in [0.717, 1.165) is 5.56 Å². The van der Waals surface area contributed by atoms with Crippen molar-refractivity contribution in [2.24, 2.45) is 0 Å². The molecule has 9 nitrogen and oxygen atoms in total. The molecular weight excluding hydrogens is 398 g/mol. The molecule has 0 radical (unpaired) electrons. The molecule has 0 aliphatic carbocycles. The van der Waals surface area contributed by atoms with Gasteiger partial charge in [0.05, 0.1) is 38.1 Å². The number of benzene rings is 2. The average Bonchev–Trinajstić information content (AvgIpc) is 3.23. The fourth-order valence-corrected chi connectivity index (χ4v) is 3.41. The van der Waals surface area contributed by atoms with E-state index in [1.165, 1.54) is 17.2 Å². The molecule has 1 amide bonds. The number of hydrogen-bond acceptors (Lipinski definition) is 6. The summed E-state index contributed by atoms with van der Waals surface area (Å²) >= 11 is 0. The molecule has 0 atom stereocenters. The monoisotopic (exact) mass is 419 g/mol. The van der Waals surface area contributed by atoms with Gasteiger partial charge in [-0.3, -0.25) is 9.59 Å². The van der Waals surface area contributed by atoms with Crippen molar-refractivity contribution in [3.63, 3.8) is 0 Å². The highest BCUT2D eigenvalue weighted by Gasteiger charge is 2.15. The fraction of sp³-hybridized carbons (Fsp3) is 0.182. The Labute approximate surface area is 177 Å². The Morgan fingerprint density at radius 1 is 1.13 bits per heavy atom. The summed E-state index contributed by atoms with van der Waals surface area (Å²) in [4.78, 5) is 31.4. The van der Waals surface area contributed by atoms with Crippen molar-refractivity contribution in [2.45, 2.75) is 12.8 Å². The molecule has 0 spiro atoms. The molecule has 2 aromatic heterocycles. The van der Waals surface area contributed by atoms with Gasteiger partial charge in [0.1, 0.15) is 5.39 Å². The zero-order valence-corrected chi connectivity index (χ0v) is 17.1. The Balaban J connectivity index is 1.55. The van der Waals surface area contributed by atoms with Gasteiger partial charge in [-0.2, -0.15) is 5.10 Å². The van der Waals surface area contributed by atoms with Gasteiger partial charge >= 0.3 is 0 Å². The normalized spacial score (nSPS) is 10.8. The van der Waals surface area contributed by atoms with E-state index >= 15 is 0 Å². The second-order valence-corrected chi connectivity index (χ2v) is 6.74. The van der Waals surface area contributed by atoms with Crippen LogP contribution < -0.4 is 20.3 Å². The van der Waals surface area contributed by atoms with Gasteiger partial charge in [-0.1, -0.05) is 24.3 Å². The quantitative estimate of drug-likeness (QED) is 0.476. The van der Waals surface area contributed by atoms with Crippen LogP contribution in [-0.2, 0) is 11.2 Å². The second-order valence-electron chi connectivity index (χ2n) is 6.74. The lowest BCUT2D eigenvalue weighted by Crippen LogP contribution is -2.15. The first kappa shape index (κ1) is 20.1. The standard InChI is InChI=1S/C22H21N5O4/c1-30-18-9-5-6-14(20(18)31-2)10-11-19(28)26-16-7-3-4-8-17(16)27-21-15(12-25-27)22(29)24-13-23-21/h3-9,12-13H,10-11H2,1-2H3,(H,26,28)(H,23,24,29). The number of aromatic amines is 1. The third kappa shape index (κ3) is 3.97. The maximum absolute atomic E-state index is 12.7. The van der Waals surface area contributed by atoms with Gasteiger partial charge < -0.3 is 19.8 Å². The summed E-state index contributed by atoms with van der Waals surface area (Å²) in [6, 6.07) is 12.8. The Morgan fingerprint density at radius 2 is 1.97 bits per heavy atom. The first-order valence-electron chi connectivity index (χ1n) is 9.63. The lowest BCUT2D eigenvalue weighted by Gasteiger charge is -2.13. The Bertz CT molecular complexity index is 1290. The summed E-state index contributed by atoms with van der Waals surface area (Å²) in [5, 5.41) is 7.58. The Morgan fingerprint density at radius 3 is 2.77 bits per heavy atom. The molecule has 0 aliphatic heterocycles. The number of aromatic nitrogens is 4. The maximum Gasteiger partial charge on any atom is 0.261 e. The Hall–Kier alpha value is -4.14. The number of hydrogen-bond donors (Lipinski definition) is 2. The van der Waals surface area contributed by atoms with Crippen LogP contribution in [0.2, 0.25) is 0 Å². The number of ether oxygens (including phenoxy) is 2. The van der Waals surface area contributed by atoms with E-state index in [2.05, 4.69) is 20.4 Å². The maximum atomic E-state index is 12.7. The highest BCUT2D eigenvalue weighted by molar-refractivity contribution is 5.93. The van der Waals surface area contributed by atoms with Gasteiger partial charge in [0.25, 0.3) is 5.56 Å². The number of rotatable bonds is 7. The summed E-state index contributed by atoms with van der Waals surface area (Å²) < 4.78 is 12.3. The van der Waals surface area contributed by atoms with Crippen LogP contribution in [0, 0.1) is 0 Å². The number of amides is 1. The lowest BCUT2D eigenvalue weighted by molar-refractivity contribution is -0.116. The summed E-state index contributed by atoms with van der Waals surface area (Å²) in [5.41, 5.74) is 2.20. The van der Waals surface area contributed by atoms with Crippen molar-refractivity contribution in [3.8, 4) is 17.2 Å². The van der Waals surface area contributed by atoms with Gasteiger partial charge in [-0.15, -0.1) is 0 Å². The number of carbonyl (C=O) groups is 1. The lowest BCUT2D eigenvalue weighted by atomic mass is 10.1. The number of methoxy groups -OCH3 is 2. The molecule has 0 aliphatic rings. The third-order valence-corrected chi connectivity index (χ3v) is 4.88. The van der Waals surface area contributed by atoms with Gasteiger partial charge in [0, 0.05) is 6.42 Å². The zero-order chi connectivity index (χ0) is 21.8. The van der Waals surface area contributed by atoms with Crippen LogP contribution >= 0.6 is 0 Å². The van der Waals surface area contributed by atoms with Crippen molar-refractivity contribution in [1.82, 2.24) is 19.7 Å². The first-order chi connectivity index (χ1) is 15.1. The van der Waals surface area contributed by atoms with E-state index in [1.54, 1.807) is 26.4 Å². The minimum atomic E-state index is -0.273. The highest BCUT2D eigenvalue weighted by Crippen LogP contribution is 2.31. The Kier molecular flexibility index (Phi) is 5.65. The molecule has 9 heteroatoms. The molecular formula is C22H21N5O4. The molecule has 2 heterocycles. The SMILES string of the molecule is COc1cccc(CCC(=O)Nc2ccccc2-n2ncc3c(=O)[nH]cnc32)c1OC. The molecule has 0 unspecified atom stereocenters. The molecule has 0 saturated carbocycles. The number of fused-ring (bicyclic) bond motifs is 1. The molecule has 0 bridgehead atoms. The smallest absolute Gasteiger partial charge is 0.261 e. The summed E-state index contributed by atoms with van der Waals surface area (Å²) in [5.74, 6) is 1.08. The van der Waals surface area contributed by atoms with Crippen molar-refractivity contribution >= 4 is 22.6 Å². The summed E-state index contributed by atoms with van der Waals surface area (Å²) in [7, 11) is 3.15. The van der Waals surface area contributed by atoms with Crippen molar-refractivity contribution < 1.29 is 14.3 Å². The molecule has 2 aromatic carbocycles. The average molecular weight is 419 g/mol. The number of aryl methyl sites for hydroxylation is 1. The first-order valence-corrected chi connectivity index (χ1v) is 9.63. The van der Waals surface area contributed by atoms with Crippen LogP contribution in [0.4, 0.5) is 5.69 Å². The number of anilines is 1. The number of H-pyrrole nitrogens is 1. The predicted octanol–water partition coefficient (Wildman–Crippen LogP) is 2.70. The van der Waals surface area contributed by atoms with Crippen LogP contribution in [0.15, 0.2) is 59.8 Å². The van der Waals surface area contributed by atoms with Crippen LogP contribution in [0.5, 0.6) is 11.5 Å². The number of nitrogens with zero attached hydrogens (tertiary/aromatic N) is 3. The molecule has 0 fully saturated rings. The van der Waals surface area contributed by atoms with Crippen LogP contribution in [0.1, 0.15) is 12.0 Å². The van der Waals surface area contributed by atoms with Crippen molar-refractivity contribution in [2.75, 3.05) is 19.5 Å². The summed E-state index contributed by atoms with van der Waals surface area (Å²) in [6.07, 6.45) is 3.51. The molecule has 4 rings (SSSR count). The van der Waals surface area contributed by atoms with E-state index in [9.17, 15) is 9.59 Å². The third-order valence-electron chi connectivity index (χ3n) is 4.88.